The Bertz CT molecular complexity index is 513. The van der Waals surface area contributed by atoms with Crippen LogP contribution in [0.3, 0.4) is 0 Å². The third kappa shape index (κ3) is 4.81. The monoisotopic (exact) mass is 329 g/mol. The number of carbonyl (C=O) groups excluding carboxylic acids is 1. The van der Waals surface area contributed by atoms with Crippen LogP contribution in [0.2, 0.25) is 0 Å². The molecule has 0 radical (unpaired) electrons. The minimum absolute atomic E-state index is 0.0361. The first kappa shape index (κ1) is 17.4. The molecule has 1 aromatic rings. The predicted molar refractivity (Wildman–Crippen MR) is 97.8 cm³/mol. The molecule has 2 atom stereocenters. The van der Waals surface area contributed by atoms with Gasteiger partial charge in [0, 0.05) is 19.1 Å². The molecule has 2 aliphatic rings. The second-order valence-corrected chi connectivity index (χ2v) is 7.39. The molecule has 3 rings (SSSR count). The smallest absolute Gasteiger partial charge is 0.237 e. The van der Waals surface area contributed by atoms with Gasteiger partial charge >= 0.3 is 0 Å². The molecule has 1 amide bonds. The lowest BCUT2D eigenvalue weighted by molar-refractivity contribution is -0.126. The van der Waals surface area contributed by atoms with Gasteiger partial charge in [0.05, 0.1) is 6.04 Å². The van der Waals surface area contributed by atoms with Crippen LogP contribution < -0.4 is 5.32 Å². The molecule has 4 nitrogen and oxygen atoms in total. The van der Waals surface area contributed by atoms with Crippen molar-refractivity contribution in [2.75, 3.05) is 26.2 Å². The van der Waals surface area contributed by atoms with Crippen molar-refractivity contribution < 1.29 is 4.79 Å². The van der Waals surface area contributed by atoms with E-state index < -0.39 is 0 Å². The van der Waals surface area contributed by atoms with Gasteiger partial charge in [-0.3, -0.25) is 9.69 Å². The Morgan fingerprint density at radius 2 is 1.88 bits per heavy atom. The molecule has 132 valence electrons. The molecule has 2 saturated heterocycles. The van der Waals surface area contributed by atoms with E-state index in [-0.39, 0.29) is 18.0 Å². The number of hydrogen-bond acceptors (Lipinski definition) is 3. The molecule has 24 heavy (non-hydrogen) atoms. The second-order valence-electron chi connectivity index (χ2n) is 7.39. The van der Waals surface area contributed by atoms with Crippen LogP contribution in [0.1, 0.15) is 44.6 Å². The number of nitrogens with one attached hydrogen (secondary N) is 1. The fraction of sp³-hybridized carbons (Fsp3) is 0.650. The highest BCUT2D eigenvalue weighted by Crippen LogP contribution is 2.20. The zero-order valence-corrected chi connectivity index (χ0v) is 14.9. The molecule has 0 saturated carbocycles. The number of likely N-dealkylation sites (tertiary alicyclic amines) is 2. The first-order valence-corrected chi connectivity index (χ1v) is 9.53. The van der Waals surface area contributed by atoms with E-state index in [1.54, 1.807) is 0 Å². The van der Waals surface area contributed by atoms with Gasteiger partial charge in [-0.2, -0.15) is 0 Å². The normalized spacial score (nSPS) is 24.0. The first-order valence-electron chi connectivity index (χ1n) is 9.53. The summed E-state index contributed by atoms with van der Waals surface area (Å²) in [5.74, 6) is 0.216. The van der Waals surface area contributed by atoms with E-state index in [4.69, 9.17) is 0 Å². The molecule has 0 aliphatic carbocycles. The summed E-state index contributed by atoms with van der Waals surface area (Å²) in [6.45, 7) is 7.39. The Morgan fingerprint density at radius 1 is 1.12 bits per heavy atom. The SMILES string of the molecule is CC(CN1CCCCC1)NC(=O)C1CCCN1Cc1ccccc1. The van der Waals surface area contributed by atoms with E-state index in [2.05, 4.69) is 46.3 Å². The van der Waals surface area contributed by atoms with Gasteiger partial charge in [-0.25, -0.2) is 0 Å². The Balaban J connectivity index is 1.49. The predicted octanol–water partition coefficient (Wildman–Crippen LogP) is 2.64. The Hall–Kier alpha value is -1.39. The van der Waals surface area contributed by atoms with Crippen molar-refractivity contribution in [3.63, 3.8) is 0 Å². The maximum absolute atomic E-state index is 12.7. The van der Waals surface area contributed by atoms with Crippen molar-refractivity contribution in [3.05, 3.63) is 35.9 Å². The van der Waals surface area contributed by atoms with Crippen molar-refractivity contribution in [1.29, 1.82) is 0 Å². The van der Waals surface area contributed by atoms with Gasteiger partial charge in [0.1, 0.15) is 0 Å². The molecule has 2 aliphatic heterocycles. The largest absolute Gasteiger partial charge is 0.351 e. The molecular formula is C20H31N3O. The maximum Gasteiger partial charge on any atom is 0.237 e. The average molecular weight is 329 g/mol. The van der Waals surface area contributed by atoms with Gasteiger partial charge in [0.15, 0.2) is 0 Å². The summed E-state index contributed by atoms with van der Waals surface area (Å²) in [4.78, 5) is 17.5. The zero-order valence-electron chi connectivity index (χ0n) is 14.9. The lowest BCUT2D eigenvalue weighted by Crippen LogP contribution is -2.49. The van der Waals surface area contributed by atoms with Crippen LogP contribution in [-0.4, -0.2) is 54.0 Å². The fourth-order valence-electron chi connectivity index (χ4n) is 4.04. The van der Waals surface area contributed by atoms with Gasteiger partial charge in [-0.15, -0.1) is 0 Å². The maximum atomic E-state index is 12.7. The molecule has 2 fully saturated rings. The standard InChI is InChI=1S/C20H31N3O/c1-17(15-22-12-6-3-7-13-22)21-20(24)19-11-8-14-23(19)16-18-9-4-2-5-10-18/h2,4-5,9-10,17,19H,3,6-8,11-16H2,1H3,(H,21,24). The second kappa shape index (κ2) is 8.63. The molecule has 0 aromatic heterocycles. The third-order valence-electron chi connectivity index (χ3n) is 5.26. The molecule has 4 heteroatoms. The van der Waals surface area contributed by atoms with Crippen molar-refractivity contribution in [3.8, 4) is 0 Å². The number of piperidine rings is 1. The van der Waals surface area contributed by atoms with Crippen molar-refractivity contribution in [2.45, 2.75) is 57.7 Å². The molecule has 1 N–H and O–H groups in total. The number of amides is 1. The zero-order chi connectivity index (χ0) is 16.8. The van der Waals surface area contributed by atoms with Gasteiger partial charge in [0.25, 0.3) is 0 Å². The van der Waals surface area contributed by atoms with Gasteiger partial charge in [-0.1, -0.05) is 36.8 Å². The van der Waals surface area contributed by atoms with Gasteiger partial charge in [-0.05, 0) is 57.8 Å². The molecule has 2 unspecified atom stereocenters. The van der Waals surface area contributed by atoms with Crippen LogP contribution in [0, 0.1) is 0 Å². The number of nitrogens with zero attached hydrogens (tertiary/aromatic N) is 2. The highest BCUT2D eigenvalue weighted by Gasteiger charge is 2.31. The highest BCUT2D eigenvalue weighted by atomic mass is 16.2. The summed E-state index contributed by atoms with van der Waals surface area (Å²) < 4.78 is 0. The summed E-state index contributed by atoms with van der Waals surface area (Å²) in [5.41, 5.74) is 1.29. The lowest BCUT2D eigenvalue weighted by atomic mass is 10.1. The topological polar surface area (TPSA) is 35.6 Å². The number of carbonyl (C=O) groups is 1. The first-order chi connectivity index (χ1) is 11.7. The Morgan fingerprint density at radius 3 is 2.62 bits per heavy atom. The minimum atomic E-state index is 0.0361. The summed E-state index contributed by atoms with van der Waals surface area (Å²) in [6, 6.07) is 10.7. The third-order valence-corrected chi connectivity index (χ3v) is 5.26. The quantitative estimate of drug-likeness (QED) is 0.871. The van der Waals surface area contributed by atoms with Crippen molar-refractivity contribution in [1.82, 2.24) is 15.1 Å². The van der Waals surface area contributed by atoms with Crippen molar-refractivity contribution in [2.24, 2.45) is 0 Å². The Labute approximate surface area is 146 Å². The number of hydrogen-bond donors (Lipinski definition) is 1. The molecule has 0 bridgehead atoms. The van der Waals surface area contributed by atoms with Crippen LogP contribution in [0.4, 0.5) is 0 Å². The van der Waals surface area contributed by atoms with E-state index in [0.717, 1.165) is 32.5 Å². The number of benzene rings is 1. The van der Waals surface area contributed by atoms with Crippen LogP contribution in [0.15, 0.2) is 30.3 Å². The molecule has 0 spiro atoms. The van der Waals surface area contributed by atoms with Crippen LogP contribution in [0.5, 0.6) is 0 Å². The minimum Gasteiger partial charge on any atom is -0.351 e. The highest BCUT2D eigenvalue weighted by molar-refractivity contribution is 5.82. The van der Waals surface area contributed by atoms with Gasteiger partial charge in [0.2, 0.25) is 5.91 Å². The van der Waals surface area contributed by atoms with Crippen LogP contribution in [0.25, 0.3) is 0 Å². The van der Waals surface area contributed by atoms with E-state index in [1.165, 1.54) is 37.9 Å². The fourth-order valence-corrected chi connectivity index (χ4v) is 4.04. The number of rotatable bonds is 6. The lowest BCUT2D eigenvalue weighted by Gasteiger charge is -2.30. The van der Waals surface area contributed by atoms with Crippen LogP contribution >= 0.6 is 0 Å². The average Bonchev–Trinajstić information content (AvgIpc) is 3.05. The summed E-state index contributed by atoms with van der Waals surface area (Å²) >= 11 is 0. The summed E-state index contributed by atoms with van der Waals surface area (Å²) in [5, 5.41) is 3.26. The van der Waals surface area contributed by atoms with E-state index >= 15 is 0 Å². The van der Waals surface area contributed by atoms with E-state index in [1.807, 2.05) is 6.07 Å². The Kier molecular flexibility index (Phi) is 6.27. The summed E-state index contributed by atoms with van der Waals surface area (Å²) in [7, 11) is 0. The van der Waals surface area contributed by atoms with Crippen molar-refractivity contribution >= 4 is 5.91 Å². The van der Waals surface area contributed by atoms with Gasteiger partial charge < -0.3 is 10.2 Å². The molecule has 1 aromatic carbocycles. The van der Waals surface area contributed by atoms with E-state index in [0.29, 0.717) is 0 Å². The summed E-state index contributed by atoms with van der Waals surface area (Å²) in [6.07, 6.45) is 6.05. The van der Waals surface area contributed by atoms with E-state index in [9.17, 15) is 4.79 Å². The molecule has 2 heterocycles. The van der Waals surface area contributed by atoms with Crippen LogP contribution in [-0.2, 0) is 11.3 Å². The molecular weight excluding hydrogens is 298 g/mol.